The van der Waals surface area contributed by atoms with Gasteiger partial charge < -0.3 is 14.8 Å². The zero-order chi connectivity index (χ0) is 19.1. The maximum Gasteiger partial charge on any atom is 0.278 e. The molecule has 0 spiro atoms. The van der Waals surface area contributed by atoms with E-state index in [0.29, 0.717) is 18.2 Å². The van der Waals surface area contributed by atoms with E-state index in [9.17, 15) is 4.79 Å². The minimum Gasteiger partial charge on any atom is -0.477 e. The molecule has 1 N–H and O–H groups in total. The van der Waals surface area contributed by atoms with Gasteiger partial charge in [0.15, 0.2) is 0 Å². The molecule has 2 aromatic rings. The lowest BCUT2D eigenvalue weighted by atomic mass is 9.92. The third-order valence-electron chi connectivity index (χ3n) is 4.87. The van der Waals surface area contributed by atoms with Gasteiger partial charge in [-0.3, -0.25) is 4.79 Å². The van der Waals surface area contributed by atoms with Crippen molar-refractivity contribution in [3.63, 3.8) is 0 Å². The van der Waals surface area contributed by atoms with Gasteiger partial charge >= 0.3 is 0 Å². The van der Waals surface area contributed by atoms with Gasteiger partial charge in [0.2, 0.25) is 5.91 Å². The number of hydrogen-bond acceptors (Lipinski definition) is 5. The Labute approximate surface area is 160 Å². The maximum atomic E-state index is 12.2. The number of methoxy groups -OCH3 is 1. The van der Waals surface area contributed by atoms with Crippen molar-refractivity contribution < 1.29 is 14.3 Å². The second kappa shape index (κ2) is 9.35. The van der Waals surface area contributed by atoms with Gasteiger partial charge in [-0.1, -0.05) is 29.8 Å². The van der Waals surface area contributed by atoms with Gasteiger partial charge in [-0.25, -0.2) is 9.97 Å². The molecule has 0 bridgehead atoms. The highest BCUT2D eigenvalue weighted by atomic mass is 16.5. The van der Waals surface area contributed by atoms with Crippen molar-refractivity contribution in [2.75, 3.05) is 7.11 Å². The van der Waals surface area contributed by atoms with Gasteiger partial charge in [0.05, 0.1) is 7.11 Å². The fraction of sp³-hybridized carbons (Fsp3) is 0.476. The second-order valence-corrected chi connectivity index (χ2v) is 7.02. The number of amides is 1. The second-order valence-electron chi connectivity index (χ2n) is 7.02. The molecular weight excluding hydrogens is 342 g/mol. The Morgan fingerprint density at radius 2 is 1.89 bits per heavy atom. The van der Waals surface area contributed by atoms with Gasteiger partial charge in [0.25, 0.3) is 11.8 Å². The summed E-state index contributed by atoms with van der Waals surface area (Å²) in [4.78, 5) is 20.5. The van der Waals surface area contributed by atoms with Crippen LogP contribution in [0.25, 0.3) is 0 Å². The Morgan fingerprint density at radius 1 is 1.15 bits per heavy atom. The number of benzene rings is 1. The van der Waals surface area contributed by atoms with Crippen molar-refractivity contribution in [3.05, 3.63) is 47.8 Å². The molecule has 3 rings (SSSR count). The maximum absolute atomic E-state index is 12.2. The van der Waals surface area contributed by atoms with Crippen LogP contribution in [-0.4, -0.2) is 35.1 Å². The number of aryl methyl sites for hydroxylation is 2. The van der Waals surface area contributed by atoms with Crippen LogP contribution in [-0.2, 0) is 11.2 Å². The lowest BCUT2D eigenvalue weighted by molar-refractivity contribution is -0.122. The minimum absolute atomic E-state index is 0.0797. The third-order valence-corrected chi connectivity index (χ3v) is 4.87. The molecule has 0 unspecified atom stereocenters. The lowest BCUT2D eigenvalue weighted by Crippen LogP contribution is -2.39. The Morgan fingerprint density at radius 3 is 2.59 bits per heavy atom. The Bertz CT molecular complexity index is 758. The lowest BCUT2D eigenvalue weighted by Gasteiger charge is -2.29. The van der Waals surface area contributed by atoms with Crippen molar-refractivity contribution in [1.29, 1.82) is 0 Å². The largest absolute Gasteiger partial charge is 0.477 e. The van der Waals surface area contributed by atoms with Crippen molar-refractivity contribution in [3.8, 4) is 11.8 Å². The number of nitrogens with one attached hydrogen (secondary N) is 1. The molecule has 6 nitrogen and oxygen atoms in total. The van der Waals surface area contributed by atoms with Crippen LogP contribution in [0, 0.1) is 6.92 Å². The zero-order valence-corrected chi connectivity index (χ0v) is 16.0. The minimum atomic E-state index is 0.0797. The third kappa shape index (κ3) is 5.67. The molecule has 6 heteroatoms. The average Bonchev–Trinajstić information content (AvgIpc) is 2.68. The van der Waals surface area contributed by atoms with E-state index in [1.54, 1.807) is 19.5 Å². The summed E-state index contributed by atoms with van der Waals surface area (Å²) in [6.45, 7) is 2.07. The molecule has 1 aliphatic carbocycles. The quantitative estimate of drug-likeness (QED) is 0.811. The van der Waals surface area contributed by atoms with Crippen LogP contribution in [0.2, 0.25) is 0 Å². The molecule has 144 valence electrons. The summed E-state index contributed by atoms with van der Waals surface area (Å²) in [6.07, 6.45) is 8.12. The normalized spacial score (nSPS) is 19.3. The Hall–Kier alpha value is -2.63. The number of carbonyl (C=O) groups is 1. The van der Waals surface area contributed by atoms with E-state index in [2.05, 4.69) is 40.4 Å². The summed E-state index contributed by atoms with van der Waals surface area (Å²) < 4.78 is 11.1. The van der Waals surface area contributed by atoms with Crippen LogP contribution in [0.3, 0.4) is 0 Å². The monoisotopic (exact) mass is 369 g/mol. The molecule has 0 saturated heterocycles. The summed E-state index contributed by atoms with van der Waals surface area (Å²) in [5.41, 5.74) is 2.44. The molecule has 1 fully saturated rings. The van der Waals surface area contributed by atoms with E-state index in [0.717, 1.165) is 32.1 Å². The topological polar surface area (TPSA) is 73.3 Å². The van der Waals surface area contributed by atoms with Crippen LogP contribution in [0.5, 0.6) is 11.8 Å². The number of carbonyl (C=O) groups excluding carboxylic acids is 1. The predicted octanol–water partition coefficient (Wildman–Crippen LogP) is 3.23. The number of ether oxygens (including phenoxy) is 2. The molecule has 1 aromatic heterocycles. The van der Waals surface area contributed by atoms with E-state index in [4.69, 9.17) is 9.47 Å². The highest BCUT2D eigenvalue weighted by molar-refractivity contribution is 5.76. The highest BCUT2D eigenvalue weighted by Gasteiger charge is 2.25. The molecule has 1 amide bonds. The van der Waals surface area contributed by atoms with Crippen molar-refractivity contribution in [1.82, 2.24) is 15.3 Å². The van der Waals surface area contributed by atoms with Crippen molar-refractivity contribution in [2.24, 2.45) is 0 Å². The smallest absolute Gasteiger partial charge is 0.278 e. The molecule has 0 radical (unpaired) electrons. The van der Waals surface area contributed by atoms with Crippen LogP contribution < -0.4 is 14.8 Å². The summed E-state index contributed by atoms with van der Waals surface area (Å²) in [7, 11) is 1.56. The molecule has 0 aliphatic heterocycles. The van der Waals surface area contributed by atoms with Gasteiger partial charge in [-0.15, -0.1) is 0 Å². The molecule has 1 aromatic carbocycles. The van der Waals surface area contributed by atoms with Crippen LogP contribution >= 0.6 is 0 Å². The fourth-order valence-corrected chi connectivity index (χ4v) is 3.44. The Balaban J connectivity index is 1.40. The van der Waals surface area contributed by atoms with E-state index < -0.39 is 0 Å². The number of nitrogens with zero attached hydrogens (tertiary/aromatic N) is 2. The molecule has 1 heterocycles. The first-order chi connectivity index (χ1) is 13.1. The number of aromatic nitrogens is 2. The molecule has 1 saturated carbocycles. The first-order valence-corrected chi connectivity index (χ1v) is 9.50. The van der Waals surface area contributed by atoms with Gasteiger partial charge in [0.1, 0.15) is 6.10 Å². The van der Waals surface area contributed by atoms with Gasteiger partial charge in [-0.05, 0) is 44.6 Å². The van der Waals surface area contributed by atoms with Gasteiger partial charge in [0, 0.05) is 24.9 Å². The Kier molecular flexibility index (Phi) is 6.63. The molecule has 27 heavy (non-hydrogen) atoms. The van der Waals surface area contributed by atoms with Crippen LogP contribution in [0.1, 0.15) is 43.2 Å². The van der Waals surface area contributed by atoms with Crippen molar-refractivity contribution >= 4 is 5.91 Å². The summed E-state index contributed by atoms with van der Waals surface area (Å²) in [5, 5.41) is 3.16. The van der Waals surface area contributed by atoms with E-state index >= 15 is 0 Å². The first-order valence-electron chi connectivity index (χ1n) is 9.50. The zero-order valence-electron chi connectivity index (χ0n) is 16.0. The molecule has 0 atom stereocenters. The van der Waals surface area contributed by atoms with Crippen LogP contribution in [0.4, 0.5) is 0 Å². The van der Waals surface area contributed by atoms with E-state index in [1.807, 2.05) is 6.07 Å². The van der Waals surface area contributed by atoms with Gasteiger partial charge in [-0.2, -0.15) is 0 Å². The summed E-state index contributed by atoms with van der Waals surface area (Å²) in [6, 6.07) is 8.54. The standard InChI is InChI=1S/C21H27N3O3/c1-15-4-3-5-16(14-15)6-11-19(25)24-17-7-9-18(10-8-17)27-21-20(26-2)22-12-13-23-21/h3-5,12-14,17-18H,6-11H2,1-2H3,(H,24,25). The average molecular weight is 369 g/mol. The SMILES string of the molecule is COc1nccnc1OC1CCC(NC(=O)CCc2cccc(C)c2)CC1. The summed E-state index contributed by atoms with van der Waals surface area (Å²) in [5.74, 6) is 0.964. The molecular formula is C21H27N3O3. The fourth-order valence-electron chi connectivity index (χ4n) is 3.44. The first kappa shape index (κ1) is 19.1. The predicted molar refractivity (Wildman–Crippen MR) is 103 cm³/mol. The number of rotatable bonds is 7. The van der Waals surface area contributed by atoms with Crippen LogP contribution in [0.15, 0.2) is 36.7 Å². The van der Waals surface area contributed by atoms with E-state index in [-0.39, 0.29) is 18.1 Å². The summed E-state index contributed by atoms with van der Waals surface area (Å²) >= 11 is 0. The van der Waals surface area contributed by atoms with Crippen molar-refractivity contribution in [2.45, 2.75) is 57.6 Å². The highest BCUT2D eigenvalue weighted by Crippen LogP contribution is 2.27. The number of hydrogen-bond donors (Lipinski definition) is 1. The van der Waals surface area contributed by atoms with E-state index in [1.165, 1.54) is 11.1 Å². The molecule has 1 aliphatic rings.